The quantitative estimate of drug-likeness (QED) is 0.722. The molecule has 136 valence electrons. The number of nitrogens with zero attached hydrogens (tertiary/aromatic N) is 3. The summed E-state index contributed by atoms with van der Waals surface area (Å²) in [5, 5.41) is 5.18. The molecule has 1 atom stereocenters. The number of benzene rings is 1. The van der Waals surface area contributed by atoms with Crippen LogP contribution in [0.1, 0.15) is 17.3 Å². The van der Waals surface area contributed by atoms with Gasteiger partial charge in [0.15, 0.2) is 4.96 Å². The molecule has 0 saturated carbocycles. The molecule has 4 rings (SSSR count). The lowest BCUT2D eigenvalue weighted by molar-refractivity contribution is -0.121. The van der Waals surface area contributed by atoms with Gasteiger partial charge in [0.25, 0.3) is 0 Å². The molecule has 1 amide bonds. The summed E-state index contributed by atoms with van der Waals surface area (Å²) in [5.41, 5.74) is 1.92. The molecule has 1 aliphatic heterocycles. The van der Waals surface area contributed by atoms with Crippen LogP contribution >= 0.6 is 11.3 Å². The largest absolute Gasteiger partial charge is 0.379 e. The van der Waals surface area contributed by atoms with Gasteiger partial charge in [-0.2, -0.15) is 0 Å². The molecular weight excluding hydrogens is 348 g/mol. The van der Waals surface area contributed by atoms with Gasteiger partial charge in [-0.15, -0.1) is 11.3 Å². The fraction of sp³-hybridized carbons (Fsp3) is 0.368. The highest BCUT2D eigenvalue weighted by atomic mass is 32.1. The first-order chi connectivity index (χ1) is 12.8. The van der Waals surface area contributed by atoms with E-state index >= 15 is 0 Å². The van der Waals surface area contributed by atoms with Crippen LogP contribution in [0.5, 0.6) is 0 Å². The number of imidazole rings is 1. The van der Waals surface area contributed by atoms with Crippen molar-refractivity contribution in [3.8, 4) is 0 Å². The minimum Gasteiger partial charge on any atom is -0.379 e. The van der Waals surface area contributed by atoms with Crippen molar-refractivity contribution in [3.63, 3.8) is 0 Å². The summed E-state index contributed by atoms with van der Waals surface area (Å²) >= 11 is 1.57. The lowest BCUT2D eigenvalue weighted by Gasteiger charge is -2.31. The number of rotatable bonds is 6. The number of morpholine rings is 1. The minimum atomic E-state index is -0.0365. The summed E-state index contributed by atoms with van der Waals surface area (Å²) in [6.07, 6.45) is 4.17. The lowest BCUT2D eigenvalue weighted by Crippen LogP contribution is -2.43. The monoisotopic (exact) mass is 370 g/mol. The maximum Gasteiger partial charge on any atom is 0.226 e. The van der Waals surface area contributed by atoms with Crippen LogP contribution in [0, 0.1) is 0 Å². The molecule has 0 spiro atoms. The fourth-order valence-corrected chi connectivity index (χ4v) is 3.95. The van der Waals surface area contributed by atoms with E-state index in [0.717, 1.165) is 49.1 Å². The molecule has 1 N–H and O–H groups in total. The maximum absolute atomic E-state index is 12.6. The summed E-state index contributed by atoms with van der Waals surface area (Å²) in [5.74, 6) is -0.00198. The summed E-state index contributed by atoms with van der Waals surface area (Å²) in [7, 11) is 0. The Balaban J connectivity index is 1.44. The van der Waals surface area contributed by atoms with Crippen LogP contribution < -0.4 is 5.32 Å². The number of carbonyl (C=O) groups excluding carboxylic acids is 1. The van der Waals surface area contributed by atoms with E-state index in [1.807, 2.05) is 40.4 Å². The van der Waals surface area contributed by atoms with Gasteiger partial charge < -0.3 is 10.1 Å². The third-order valence-electron chi connectivity index (χ3n) is 4.57. The van der Waals surface area contributed by atoms with Gasteiger partial charge in [-0.1, -0.05) is 30.3 Å². The second-order valence-corrected chi connectivity index (χ2v) is 7.32. The number of hydrogen-bond acceptors (Lipinski definition) is 5. The van der Waals surface area contributed by atoms with E-state index in [-0.39, 0.29) is 11.9 Å². The van der Waals surface area contributed by atoms with Gasteiger partial charge in [0, 0.05) is 37.4 Å². The molecule has 0 unspecified atom stereocenters. The first kappa shape index (κ1) is 17.2. The van der Waals surface area contributed by atoms with Crippen molar-refractivity contribution in [2.75, 3.05) is 32.8 Å². The number of ether oxygens (including phenoxy) is 1. The lowest BCUT2D eigenvalue weighted by atomic mass is 10.1. The number of fused-ring (bicyclic) bond motifs is 1. The molecule has 1 aliphatic rings. The Hall–Kier alpha value is -2.22. The number of nitrogens with one attached hydrogen (secondary N) is 1. The van der Waals surface area contributed by atoms with E-state index in [1.54, 1.807) is 11.3 Å². The van der Waals surface area contributed by atoms with Crippen LogP contribution in [-0.4, -0.2) is 53.0 Å². The smallest absolute Gasteiger partial charge is 0.226 e. The summed E-state index contributed by atoms with van der Waals surface area (Å²) in [6.45, 7) is 4.09. The van der Waals surface area contributed by atoms with E-state index in [0.29, 0.717) is 6.42 Å². The Morgan fingerprint density at radius 2 is 2.08 bits per heavy atom. The van der Waals surface area contributed by atoms with Gasteiger partial charge in [-0.25, -0.2) is 4.98 Å². The number of hydrogen-bond donors (Lipinski definition) is 1. The van der Waals surface area contributed by atoms with Gasteiger partial charge in [0.1, 0.15) is 0 Å². The van der Waals surface area contributed by atoms with Crippen molar-refractivity contribution in [1.29, 1.82) is 0 Å². The van der Waals surface area contributed by atoms with Gasteiger partial charge in [0.2, 0.25) is 5.91 Å². The minimum absolute atomic E-state index is 0.00198. The zero-order valence-electron chi connectivity index (χ0n) is 14.5. The molecule has 7 heteroatoms. The van der Waals surface area contributed by atoms with Crippen molar-refractivity contribution in [3.05, 3.63) is 59.4 Å². The zero-order chi connectivity index (χ0) is 17.8. The van der Waals surface area contributed by atoms with Crippen molar-refractivity contribution in [2.45, 2.75) is 12.5 Å². The summed E-state index contributed by atoms with van der Waals surface area (Å²) in [6, 6.07) is 10.1. The second kappa shape index (κ2) is 7.99. The normalized spacial score (nSPS) is 16.6. The molecule has 3 heterocycles. The van der Waals surface area contributed by atoms with Crippen molar-refractivity contribution in [2.24, 2.45) is 0 Å². The Bertz CT molecular complexity index is 826. The molecule has 3 aromatic rings. The molecule has 1 aromatic carbocycles. The first-order valence-electron chi connectivity index (χ1n) is 8.83. The van der Waals surface area contributed by atoms with E-state index in [1.165, 1.54) is 0 Å². The first-order valence-corrected chi connectivity index (χ1v) is 9.71. The fourth-order valence-electron chi connectivity index (χ4n) is 3.23. The van der Waals surface area contributed by atoms with E-state index in [9.17, 15) is 4.79 Å². The van der Waals surface area contributed by atoms with Crippen LogP contribution in [0.4, 0.5) is 0 Å². The Morgan fingerprint density at radius 3 is 2.85 bits per heavy atom. The van der Waals surface area contributed by atoms with E-state index < -0.39 is 0 Å². The molecule has 1 fully saturated rings. The predicted molar refractivity (Wildman–Crippen MR) is 101 cm³/mol. The number of carbonyl (C=O) groups is 1. The Morgan fingerprint density at radius 1 is 1.27 bits per heavy atom. The molecule has 1 saturated heterocycles. The number of amides is 1. The highest BCUT2D eigenvalue weighted by molar-refractivity contribution is 7.15. The van der Waals surface area contributed by atoms with E-state index in [4.69, 9.17) is 4.74 Å². The highest BCUT2D eigenvalue weighted by Crippen LogP contribution is 2.16. The topological polar surface area (TPSA) is 58.9 Å². The summed E-state index contributed by atoms with van der Waals surface area (Å²) in [4.78, 5) is 20.4. The second-order valence-electron chi connectivity index (χ2n) is 6.45. The van der Waals surface area contributed by atoms with Crippen molar-refractivity contribution in [1.82, 2.24) is 19.6 Å². The maximum atomic E-state index is 12.6. The van der Waals surface area contributed by atoms with Gasteiger partial charge >= 0.3 is 0 Å². The predicted octanol–water partition coefficient (Wildman–Crippen LogP) is 2.13. The van der Waals surface area contributed by atoms with E-state index in [2.05, 4.69) is 27.3 Å². The number of thiazole rings is 1. The average Bonchev–Trinajstić information content (AvgIpc) is 3.24. The van der Waals surface area contributed by atoms with Crippen LogP contribution in [0.25, 0.3) is 4.96 Å². The molecule has 26 heavy (non-hydrogen) atoms. The molecule has 0 bridgehead atoms. The third-order valence-corrected chi connectivity index (χ3v) is 5.34. The van der Waals surface area contributed by atoms with Crippen molar-refractivity contribution < 1.29 is 9.53 Å². The third kappa shape index (κ3) is 4.12. The Labute approximate surface area is 156 Å². The van der Waals surface area contributed by atoms with Crippen LogP contribution in [0.2, 0.25) is 0 Å². The van der Waals surface area contributed by atoms with Crippen LogP contribution in [-0.2, 0) is 16.0 Å². The molecule has 6 nitrogen and oxygen atoms in total. The molecular formula is C19H22N4O2S. The van der Waals surface area contributed by atoms with Gasteiger partial charge in [0.05, 0.1) is 31.4 Å². The van der Waals surface area contributed by atoms with Gasteiger partial charge in [-0.05, 0) is 5.56 Å². The number of aromatic nitrogens is 2. The molecule has 0 aliphatic carbocycles. The highest BCUT2D eigenvalue weighted by Gasteiger charge is 2.20. The van der Waals surface area contributed by atoms with Crippen molar-refractivity contribution >= 4 is 22.2 Å². The summed E-state index contributed by atoms with van der Waals surface area (Å²) < 4.78 is 7.38. The van der Waals surface area contributed by atoms with Crippen LogP contribution in [0.15, 0.2) is 48.1 Å². The molecule has 2 aromatic heterocycles. The Kier molecular flexibility index (Phi) is 5.29. The SMILES string of the molecule is O=C(Cc1cn2ccsc2n1)N[C@H](CN1CCOCC1)c1ccccc1. The standard InChI is InChI=1S/C19H22N4O2S/c24-18(12-16-13-23-8-11-26-19(23)20-16)21-17(15-4-2-1-3-5-15)14-22-6-9-25-10-7-22/h1-5,8,11,13,17H,6-7,9-10,12,14H2,(H,21,24)/t17-/m1/s1. The molecule has 0 radical (unpaired) electrons. The van der Waals surface area contributed by atoms with Crippen LogP contribution in [0.3, 0.4) is 0 Å². The zero-order valence-corrected chi connectivity index (χ0v) is 15.3. The van der Waals surface area contributed by atoms with Gasteiger partial charge in [-0.3, -0.25) is 14.1 Å². The average molecular weight is 370 g/mol.